The number of carbonyl (C=O) groups is 1. The van der Waals surface area contributed by atoms with E-state index in [1.54, 1.807) is 0 Å². The molecule has 0 aliphatic rings. The van der Waals surface area contributed by atoms with Crippen molar-refractivity contribution in [3.8, 4) is 11.5 Å². The molecule has 4 N–H and O–H groups in total. The molecule has 0 bridgehead atoms. The largest absolute Gasteiger partial charge is 0.504 e. The molecule has 7 heteroatoms. The maximum Gasteiger partial charge on any atom is 0.332 e. The molecule has 0 unspecified atom stereocenters. The Morgan fingerprint density at radius 2 is 2.38 bits per heavy atom. The van der Waals surface area contributed by atoms with Crippen LogP contribution in [0.25, 0.3) is 0 Å². The van der Waals surface area contributed by atoms with Crippen molar-refractivity contribution in [3.63, 3.8) is 0 Å². The van der Waals surface area contributed by atoms with Crippen molar-refractivity contribution in [1.82, 2.24) is 5.43 Å². The van der Waals surface area contributed by atoms with Crippen molar-refractivity contribution in [2.75, 3.05) is 7.11 Å². The molecule has 0 atom stereocenters. The monoisotopic (exact) mass is 243 g/mol. The van der Waals surface area contributed by atoms with Gasteiger partial charge in [0.1, 0.15) is 0 Å². The van der Waals surface area contributed by atoms with E-state index in [0.717, 1.165) is 0 Å². The minimum absolute atomic E-state index is 0.123. The number of nitrogens with one attached hydrogen (secondary N) is 1. The summed E-state index contributed by atoms with van der Waals surface area (Å²) in [7, 11) is 1.40. The van der Waals surface area contributed by atoms with Gasteiger partial charge in [0.2, 0.25) is 0 Å². The molecule has 0 fully saturated rings. The van der Waals surface area contributed by atoms with E-state index in [-0.39, 0.29) is 11.5 Å². The summed E-state index contributed by atoms with van der Waals surface area (Å²) < 4.78 is 4.89. The van der Waals surface area contributed by atoms with Gasteiger partial charge >= 0.3 is 6.03 Å². The Morgan fingerprint density at radius 3 is 2.94 bits per heavy atom. The average Bonchev–Trinajstić information content (AvgIpc) is 2.22. The molecule has 1 aromatic carbocycles. The highest BCUT2D eigenvalue weighted by atomic mass is 35.5. The van der Waals surface area contributed by atoms with Gasteiger partial charge in [0, 0.05) is 16.7 Å². The second-order valence-electron chi connectivity index (χ2n) is 2.78. The number of methoxy groups -OCH3 is 1. The van der Waals surface area contributed by atoms with Crippen molar-refractivity contribution in [1.29, 1.82) is 0 Å². The number of urea groups is 1. The van der Waals surface area contributed by atoms with E-state index in [0.29, 0.717) is 10.6 Å². The molecule has 86 valence electrons. The number of carbonyl (C=O) groups excluding carboxylic acids is 1. The van der Waals surface area contributed by atoms with Crippen LogP contribution in [0.1, 0.15) is 5.56 Å². The summed E-state index contributed by atoms with van der Waals surface area (Å²) in [5, 5.41) is 13.5. The first-order chi connectivity index (χ1) is 7.54. The molecular weight excluding hydrogens is 234 g/mol. The summed E-state index contributed by atoms with van der Waals surface area (Å²) >= 11 is 5.78. The summed E-state index contributed by atoms with van der Waals surface area (Å²) in [5.41, 5.74) is 7.10. The molecule has 0 aliphatic heterocycles. The van der Waals surface area contributed by atoms with Gasteiger partial charge in [0.25, 0.3) is 0 Å². The van der Waals surface area contributed by atoms with Crippen molar-refractivity contribution >= 4 is 23.8 Å². The lowest BCUT2D eigenvalue weighted by atomic mass is 10.2. The van der Waals surface area contributed by atoms with Crippen LogP contribution in [0, 0.1) is 0 Å². The number of benzene rings is 1. The van der Waals surface area contributed by atoms with Crippen LogP contribution >= 0.6 is 11.6 Å². The van der Waals surface area contributed by atoms with Crippen LogP contribution in [0.3, 0.4) is 0 Å². The van der Waals surface area contributed by atoms with E-state index in [2.05, 4.69) is 5.10 Å². The Kier molecular flexibility index (Phi) is 3.96. The number of nitrogens with zero attached hydrogens (tertiary/aromatic N) is 1. The highest BCUT2D eigenvalue weighted by Crippen LogP contribution is 2.32. The maximum atomic E-state index is 10.3. The van der Waals surface area contributed by atoms with Crippen molar-refractivity contribution in [2.45, 2.75) is 0 Å². The second-order valence-corrected chi connectivity index (χ2v) is 3.22. The molecule has 1 aromatic rings. The third-order valence-electron chi connectivity index (χ3n) is 1.67. The van der Waals surface area contributed by atoms with Crippen LogP contribution in [0.5, 0.6) is 11.5 Å². The van der Waals surface area contributed by atoms with E-state index in [9.17, 15) is 9.90 Å². The van der Waals surface area contributed by atoms with Crippen LogP contribution in [0.4, 0.5) is 4.79 Å². The molecular formula is C9H10ClN3O3. The van der Waals surface area contributed by atoms with E-state index < -0.39 is 6.03 Å². The van der Waals surface area contributed by atoms with E-state index in [4.69, 9.17) is 22.1 Å². The lowest BCUT2D eigenvalue weighted by Gasteiger charge is -2.06. The molecule has 0 saturated heterocycles. The number of primary amides is 1. The number of ether oxygens (including phenoxy) is 1. The van der Waals surface area contributed by atoms with Gasteiger partial charge in [0.05, 0.1) is 13.3 Å². The number of halogens is 1. The van der Waals surface area contributed by atoms with Crippen molar-refractivity contribution in [2.24, 2.45) is 10.8 Å². The Morgan fingerprint density at radius 1 is 1.69 bits per heavy atom. The minimum Gasteiger partial charge on any atom is -0.504 e. The lowest BCUT2D eigenvalue weighted by Crippen LogP contribution is -2.24. The summed E-state index contributed by atoms with van der Waals surface area (Å²) in [6.07, 6.45) is 1.20. The lowest BCUT2D eigenvalue weighted by molar-refractivity contribution is 0.249. The van der Waals surface area contributed by atoms with E-state index in [1.165, 1.54) is 25.5 Å². The van der Waals surface area contributed by atoms with Gasteiger partial charge in [-0.2, -0.15) is 5.10 Å². The molecule has 0 heterocycles. The summed E-state index contributed by atoms with van der Waals surface area (Å²) in [4.78, 5) is 10.3. The number of phenolic OH excluding ortho intramolecular Hbond substituents is 1. The number of rotatable bonds is 3. The quantitative estimate of drug-likeness (QED) is 0.547. The zero-order chi connectivity index (χ0) is 12.1. The van der Waals surface area contributed by atoms with Crippen molar-refractivity contribution in [3.05, 3.63) is 22.7 Å². The fourth-order valence-corrected chi connectivity index (χ4v) is 1.23. The number of phenols is 1. The highest BCUT2D eigenvalue weighted by molar-refractivity contribution is 6.31. The molecule has 16 heavy (non-hydrogen) atoms. The molecule has 6 nitrogen and oxygen atoms in total. The molecule has 0 spiro atoms. The first-order valence-electron chi connectivity index (χ1n) is 4.19. The van der Waals surface area contributed by atoms with Crippen LogP contribution in [0.2, 0.25) is 5.02 Å². The number of hydrogen-bond acceptors (Lipinski definition) is 4. The smallest absolute Gasteiger partial charge is 0.332 e. The average molecular weight is 244 g/mol. The van der Waals surface area contributed by atoms with Gasteiger partial charge in [-0.05, 0) is 6.07 Å². The zero-order valence-corrected chi connectivity index (χ0v) is 9.15. The number of aromatic hydroxyl groups is 1. The van der Waals surface area contributed by atoms with E-state index in [1.807, 2.05) is 5.43 Å². The van der Waals surface area contributed by atoms with Gasteiger partial charge in [-0.1, -0.05) is 11.6 Å². The molecule has 0 aliphatic carbocycles. The van der Waals surface area contributed by atoms with E-state index >= 15 is 0 Å². The number of hydrazone groups is 1. The molecule has 0 radical (unpaired) electrons. The first kappa shape index (κ1) is 12.1. The maximum absolute atomic E-state index is 10.3. The van der Waals surface area contributed by atoms with Gasteiger partial charge in [-0.25, -0.2) is 10.2 Å². The standard InChI is InChI=1S/C9H10ClN3O3/c1-16-7-3-6(10)2-5(8(7)14)4-12-13-9(11)15/h2-4,14H,1H3,(H3,11,13,15)/b12-4+. The number of amides is 2. The Hall–Kier alpha value is -1.95. The summed E-state index contributed by atoms with van der Waals surface area (Å²) in [5.74, 6) is 0.0925. The van der Waals surface area contributed by atoms with Crippen LogP contribution < -0.4 is 15.9 Å². The Bertz CT molecular complexity index is 434. The fourth-order valence-electron chi connectivity index (χ4n) is 1.01. The minimum atomic E-state index is -0.801. The van der Waals surface area contributed by atoms with Gasteiger partial charge in [0.15, 0.2) is 11.5 Å². The summed E-state index contributed by atoms with van der Waals surface area (Å²) in [6, 6.07) is 2.12. The third kappa shape index (κ3) is 3.03. The van der Waals surface area contributed by atoms with Gasteiger partial charge in [-0.3, -0.25) is 0 Å². The molecule has 0 aromatic heterocycles. The van der Waals surface area contributed by atoms with Crippen LogP contribution in [0.15, 0.2) is 17.2 Å². The Balaban J connectivity index is 2.99. The third-order valence-corrected chi connectivity index (χ3v) is 1.89. The first-order valence-corrected chi connectivity index (χ1v) is 4.57. The number of nitrogens with two attached hydrogens (primary N) is 1. The highest BCUT2D eigenvalue weighted by Gasteiger charge is 2.08. The summed E-state index contributed by atoms with van der Waals surface area (Å²) in [6.45, 7) is 0. The Labute approximate surface area is 96.7 Å². The molecule has 2 amide bonds. The number of hydrogen-bond donors (Lipinski definition) is 3. The topological polar surface area (TPSA) is 96.9 Å². The normalized spacial score (nSPS) is 10.4. The fraction of sp³-hybridized carbons (Fsp3) is 0.111. The predicted molar refractivity (Wildman–Crippen MR) is 60.0 cm³/mol. The second kappa shape index (κ2) is 5.22. The molecule has 0 saturated carbocycles. The van der Waals surface area contributed by atoms with Crippen molar-refractivity contribution < 1.29 is 14.6 Å². The molecule has 1 rings (SSSR count). The SMILES string of the molecule is COc1cc(Cl)cc(/C=N/NC(N)=O)c1O. The zero-order valence-electron chi connectivity index (χ0n) is 8.40. The van der Waals surface area contributed by atoms with Crippen LogP contribution in [-0.4, -0.2) is 24.5 Å². The van der Waals surface area contributed by atoms with Gasteiger partial charge < -0.3 is 15.6 Å². The van der Waals surface area contributed by atoms with Gasteiger partial charge in [-0.15, -0.1) is 0 Å². The van der Waals surface area contributed by atoms with Crippen LogP contribution in [-0.2, 0) is 0 Å². The predicted octanol–water partition coefficient (Wildman–Crippen LogP) is 1.06.